The molecule has 0 aliphatic carbocycles. The van der Waals surface area contributed by atoms with Gasteiger partial charge in [0.2, 0.25) is 11.7 Å². The van der Waals surface area contributed by atoms with Crippen molar-refractivity contribution in [3.8, 4) is 22.8 Å². The Morgan fingerprint density at radius 2 is 1.58 bits per heavy atom. The van der Waals surface area contributed by atoms with Crippen molar-refractivity contribution in [3.63, 3.8) is 0 Å². The maximum absolute atomic E-state index is 12.7. The van der Waals surface area contributed by atoms with Gasteiger partial charge in [0.1, 0.15) is 0 Å². The summed E-state index contributed by atoms with van der Waals surface area (Å²) in [4.78, 5) is 15.6. The minimum Gasteiger partial charge on any atom is -0.334 e. The summed E-state index contributed by atoms with van der Waals surface area (Å²) in [6.07, 6.45) is 0. The molecule has 0 atom stereocenters. The lowest BCUT2D eigenvalue weighted by Crippen LogP contribution is -2.13. The van der Waals surface area contributed by atoms with E-state index in [9.17, 15) is 13.2 Å². The number of rotatable bonds is 6. The molecule has 0 radical (unpaired) electrons. The van der Waals surface area contributed by atoms with Crippen molar-refractivity contribution < 1.29 is 17.7 Å². The molecular weight excluding hydrogens is 416 g/mol. The first-order chi connectivity index (χ1) is 14.9. The molecule has 4 rings (SSSR count). The topological polar surface area (TPSA) is 114 Å². The third-order valence-electron chi connectivity index (χ3n) is 4.30. The Bertz CT molecular complexity index is 1320. The standard InChI is InChI=1S/C22H18N4O4S/c1-15(27)23-18-10-12-20(13-11-18)31(28,29)26-19-9-5-8-17(14-19)22-24-21(25-30-22)16-6-3-2-4-7-16/h2-14,26H,1H3,(H,23,27). The van der Waals surface area contributed by atoms with Crippen LogP contribution in [0.4, 0.5) is 11.4 Å². The molecule has 2 N–H and O–H groups in total. The zero-order valence-electron chi connectivity index (χ0n) is 16.4. The van der Waals surface area contributed by atoms with E-state index >= 15 is 0 Å². The molecule has 0 saturated heterocycles. The van der Waals surface area contributed by atoms with Gasteiger partial charge in [-0.1, -0.05) is 41.6 Å². The number of sulfonamides is 1. The van der Waals surface area contributed by atoms with Crippen LogP contribution in [-0.4, -0.2) is 24.5 Å². The Morgan fingerprint density at radius 3 is 2.29 bits per heavy atom. The first-order valence-corrected chi connectivity index (χ1v) is 10.8. The summed E-state index contributed by atoms with van der Waals surface area (Å²) in [7, 11) is -3.82. The molecule has 31 heavy (non-hydrogen) atoms. The SMILES string of the molecule is CC(=O)Nc1ccc(S(=O)(=O)Nc2cccc(-c3nc(-c4ccccc4)no3)c2)cc1. The lowest BCUT2D eigenvalue weighted by atomic mass is 10.2. The Balaban J connectivity index is 1.55. The highest BCUT2D eigenvalue weighted by molar-refractivity contribution is 7.92. The molecule has 0 unspecified atom stereocenters. The summed E-state index contributed by atoms with van der Waals surface area (Å²) in [5.74, 6) is 0.488. The van der Waals surface area contributed by atoms with E-state index in [-0.39, 0.29) is 16.7 Å². The van der Waals surface area contributed by atoms with Crippen LogP contribution in [0.2, 0.25) is 0 Å². The minimum atomic E-state index is -3.82. The minimum absolute atomic E-state index is 0.0659. The number of amides is 1. The Labute approximate surface area is 179 Å². The van der Waals surface area contributed by atoms with Crippen LogP contribution in [0.15, 0.2) is 88.3 Å². The monoisotopic (exact) mass is 434 g/mol. The van der Waals surface area contributed by atoms with E-state index in [4.69, 9.17) is 4.52 Å². The van der Waals surface area contributed by atoms with E-state index in [1.165, 1.54) is 31.2 Å². The zero-order valence-corrected chi connectivity index (χ0v) is 17.3. The van der Waals surface area contributed by atoms with E-state index in [1.54, 1.807) is 24.3 Å². The number of aromatic nitrogens is 2. The van der Waals surface area contributed by atoms with Gasteiger partial charge in [0.05, 0.1) is 4.90 Å². The summed E-state index contributed by atoms with van der Waals surface area (Å²) in [5.41, 5.74) is 2.26. The molecule has 9 heteroatoms. The van der Waals surface area contributed by atoms with E-state index < -0.39 is 10.0 Å². The number of anilines is 2. The molecule has 0 fully saturated rings. The summed E-state index contributed by atoms with van der Waals surface area (Å²) >= 11 is 0. The largest absolute Gasteiger partial charge is 0.334 e. The summed E-state index contributed by atoms with van der Waals surface area (Å²) in [6, 6.07) is 22.0. The van der Waals surface area contributed by atoms with Crippen LogP contribution in [0.3, 0.4) is 0 Å². The van der Waals surface area contributed by atoms with Gasteiger partial charge in [-0.05, 0) is 42.5 Å². The summed E-state index contributed by atoms with van der Waals surface area (Å²) in [5, 5.41) is 6.58. The number of hydrogen-bond acceptors (Lipinski definition) is 6. The lowest BCUT2D eigenvalue weighted by molar-refractivity contribution is -0.114. The first-order valence-electron chi connectivity index (χ1n) is 9.31. The molecule has 4 aromatic rings. The van der Waals surface area contributed by atoms with Gasteiger partial charge in [0.25, 0.3) is 15.9 Å². The van der Waals surface area contributed by atoms with Gasteiger partial charge in [0.15, 0.2) is 0 Å². The fourth-order valence-corrected chi connectivity index (χ4v) is 3.95. The van der Waals surface area contributed by atoms with Crippen LogP contribution in [0, 0.1) is 0 Å². The maximum Gasteiger partial charge on any atom is 0.261 e. The van der Waals surface area contributed by atoms with E-state index in [0.29, 0.717) is 22.8 Å². The van der Waals surface area contributed by atoms with Gasteiger partial charge in [-0.3, -0.25) is 9.52 Å². The predicted octanol–water partition coefficient (Wildman–Crippen LogP) is 4.16. The zero-order chi connectivity index (χ0) is 21.8. The quantitative estimate of drug-likeness (QED) is 0.471. The number of hydrogen-bond donors (Lipinski definition) is 2. The molecule has 1 heterocycles. The highest BCUT2D eigenvalue weighted by Gasteiger charge is 2.16. The van der Waals surface area contributed by atoms with Crippen molar-refractivity contribution in [1.29, 1.82) is 0 Å². The maximum atomic E-state index is 12.7. The number of carbonyl (C=O) groups is 1. The van der Waals surface area contributed by atoms with Gasteiger partial charge < -0.3 is 9.84 Å². The van der Waals surface area contributed by atoms with Crippen molar-refractivity contribution in [1.82, 2.24) is 10.1 Å². The highest BCUT2D eigenvalue weighted by Crippen LogP contribution is 2.26. The van der Waals surface area contributed by atoms with E-state index in [2.05, 4.69) is 20.2 Å². The molecule has 1 amide bonds. The normalized spacial score (nSPS) is 11.1. The second kappa shape index (κ2) is 8.41. The lowest BCUT2D eigenvalue weighted by Gasteiger charge is -2.09. The Kier molecular flexibility index (Phi) is 5.50. The van der Waals surface area contributed by atoms with E-state index in [0.717, 1.165) is 5.56 Å². The molecule has 0 spiro atoms. The van der Waals surface area contributed by atoms with Crippen molar-refractivity contribution >= 4 is 27.3 Å². The third kappa shape index (κ3) is 4.78. The van der Waals surface area contributed by atoms with Crippen LogP contribution in [-0.2, 0) is 14.8 Å². The van der Waals surface area contributed by atoms with Gasteiger partial charge in [-0.2, -0.15) is 4.98 Å². The second-order valence-corrected chi connectivity index (χ2v) is 8.36. The molecule has 8 nitrogen and oxygen atoms in total. The van der Waals surface area contributed by atoms with Crippen LogP contribution in [0.5, 0.6) is 0 Å². The molecule has 0 bridgehead atoms. The first kappa shape index (κ1) is 20.3. The fourth-order valence-electron chi connectivity index (χ4n) is 2.90. The van der Waals surface area contributed by atoms with Gasteiger partial charge in [-0.25, -0.2) is 8.42 Å². The molecule has 156 valence electrons. The summed E-state index contributed by atoms with van der Waals surface area (Å²) < 4.78 is 33.3. The number of benzene rings is 3. The number of nitrogens with zero attached hydrogens (tertiary/aromatic N) is 2. The predicted molar refractivity (Wildman–Crippen MR) is 117 cm³/mol. The van der Waals surface area contributed by atoms with Crippen LogP contribution in [0.25, 0.3) is 22.8 Å². The van der Waals surface area contributed by atoms with Crippen LogP contribution >= 0.6 is 0 Å². The van der Waals surface area contributed by atoms with Crippen molar-refractivity contribution in [2.45, 2.75) is 11.8 Å². The van der Waals surface area contributed by atoms with Crippen molar-refractivity contribution in [2.75, 3.05) is 10.0 Å². The fraction of sp³-hybridized carbons (Fsp3) is 0.0455. The summed E-state index contributed by atoms with van der Waals surface area (Å²) in [6.45, 7) is 1.38. The molecular formula is C22H18N4O4S. The molecule has 0 saturated carbocycles. The second-order valence-electron chi connectivity index (χ2n) is 6.68. The van der Waals surface area contributed by atoms with Gasteiger partial charge in [0, 0.05) is 29.4 Å². The highest BCUT2D eigenvalue weighted by atomic mass is 32.2. The molecule has 0 aliphatic heterocycles. The molecule has 0 aliphatic rings. The smallest absolute Gasteiger partial charge is 0.261 e. The Hall–Kier alpha value is -3.98. The van der Waals surface area contributed by atoms with Gasteiger partial charge >= 0.3 is 0 Å². The van der Waals surface area contributed by atoms with Crippen LogP contribution in [0.1, 0.15) is 6.92 Å². The molecule has 1 aromatic heterocycles. The van der Waals surface area contributed by atoms with Gasteiger partial charge in [-0.15, -0.1) is 0 Å². The number of carbonyl (C=O) groups excluding carboxylic acids is 1. The average molecular weight is 434 g/mol. The van der Waals surface area contributed by atoms with Crippen molar-refractivity contribution in [3.05, 3.63) is 78.9 Å². The molecule has 3 aromatic carbocycles. The van der Waals surface area contributed by atoms with Crippen LogP contribution < -0.4 is 10.0 Å². The third-order valence-corrected chi connectivity index (χ3v) is 5.70. The van der Waals surface area contributed by atoms with E-state index in [1.807, 2.05) is 30.3 Å². The van der Waals surface area contributed by atoms with Crippen molar-refractivity contribution in [2.24, 2.45) is 0 Å². The Morgan fingerprint density at radius 1 is 0.871 bits per heavy atom. The average Bonchev–Trinajstić information content (AvgIpc) is 3.25. The number of nitrogens with one attached hydrogen (secondary N) is 2.